The van der Waals surface area contributed by atoms with Gasteiger partial charge in [0.15, 0.2) is 0 Å². The van der Waals surface area contributed by atoms with Crippen LogP contribution in [0.1, 0.15) is 12.5 Å². The fraction of sp³-hybridized carbons (Fsp3) is 0.400. The lowest BCUT2D eigenvalue weighted by Gasteiger charge is -2.11. The summed E-state index contributed by atoms with van der Waals surface area (Å²) in [6, 6.07) is 7.95. The molecule has 1 atom stereocenters. The predicted molar refractivity (Wildman–Crippen MR) is 54.5 cm³/mol. The number of aliphatic hydroxyl groups is 1. The van der Waals surface area contributed by atoms with Crippen LogP contribution in [0.3, 0.4) is 0 Å². The van der Waals surface area contributed by atoms with Crippen molar-refractivity contribution in [2.24, 2.45) is 5.73 Å². The molecule has 3 heteroatoms. The molecule has 0 saturated heterocycles. The number of rotatable bonds is 4. The number of nitrogens with two attached hydrogens (primary N) is 1. The van der Waals surface area contributed by atoms with Crippen molar-refractivity contribution in [3.05, 3.63) is 29.8 Å². The second-order valence-corrected chi connectivity index (χ2v) is 2.95. The minimum atomic E-state index is -0.660. The van der Waals surface area contributed by atoms with E-state index in [-0.39, 0.29) is 6.54 Å². The quantitative estimate of drug-likeness (QED) is 0.604. The Hall–Kier alpha value is -1.06. The van der Waals surface area contributed by atoms with Gasteiger partial charge in [0, 0.05) is 12.2 Å². The maximum atomic E-state index is 9.20. The SMILES string of the molecule is CCc1ccc(NC(O)CN)cc1. The fourth-order valence-corrected chi connectivity index (χ4v) is 1.09. The zero-order valence-electron chi connectivity index (χ0n) is 7.83. The summed E-state index contributed by atoms with van der Waals surface area (Å²) in [6.45, 7) is 2.33. The molecule has 0 aliphatic rings. The van der Waals surface area contributed by atoms with Gasteiger partial charge in [-0.25, -0.2) is 0 Å². The van der Waals surface area contributed by atoms with Crippen LogP contribution in [-0.2, 0) is 6.42 Å². The lowest BCUT2D eigenvalue weighted by molar-refractivity contribution is 0.212. The van der Waals surface area contributed by atoms with Crippen molar-refractivity contribution in [1.82, 2.24) is 0 Å². The smallest absolute Gasteiger partial charge is 0.136 e. The molecule has 0 saturated carbocycles. The van der Waals surface area contributed by atoms with Gasteiger partial charge in [-0.3, -0.25) is 0 Å². The van der Waals surface area contributed by atoms with Gasteiger partial charge in [0.1, 0.15) is 6.23 Å². The molecule has 0 aromatic heterocycles. The van der Waals surface area contributed by atoms with Crippen molar-refractivity contribution >= 4 is 5.69 Å². The molecule has 1 aromatic carbocycles. The number of aliphatic hydroxyl groups excluding tert-OH is 1. The first kappa shape index (κ1) is 10.0. The number of benzene rings is 1. The Morgan fingerprint density at radius 2 is 2.00 bits per heavy atom. The average Bonchev–Trinajstić information content (AvgIpc) is 2.19. The van der Waals surface area contributed by atoms with E-state index in [1.165, 1.54) is 5.56 Å². The number of aryl methyl sites for hydroxylation is 1. The highest BCUT2D eigenvalue weighted by Gasteiger charge is 1.99. The summed E-state index contributed by atoms with van der Waals surface area (Å²) in [5, 5.41) is 12.1. The molecule has 0 radical (unpaired) electrons. The summed E-state index contributed by atoms with van der Waals surface area (Å²) in [7, 11) is 0. The Morgan fingerprint density at radius 3 is 2.46 bits per heavy atom. The van der Waals surface area contributed by atoms with Gasteiger partial charge in [-0.05, 0) is 24.1 Å². The Labute approximate surface area is 78.6 Å². The van der Waals surface area contributed by atoms with Crippen LogP contribution in [0.25, 0.3) is 0 Å². The maximum absolute atomic E-state index is 9.20. The highest BCUT2D eigenvalue weighted by molar-refractivity contribution is 5.44. The van der Waals surface area contributed by atoms with Gasteiger partial charge in [0.25, 0.3) is 0 Å². The van der Waals surface area contributed by atoms with Crippen LogP contribution in [0, 0.1) is 0 Å². The van der Waals surface area contributed by atoms with Gasteiger partial charge in [-0.15, -0.1) is 0 Å². The minimum Gasteiger partial charge on any atom is -0.372 e. The van der Waals surface area contributed by atoms with Gasteiger partial charge in [0.05, 0.1) is 0 Å². The van der Waals surface area contributed by atoms with E-state index in [0.717, 1.165) is 12.1 Å². The number of hydrogen-bond donors (Lipinski definition) is 3. The molecule has 0 fully saturated rings. The minimum absolute atomic E-state index is 0.218. The predicted octanol–water partition coefficient (Wildman–Crippen LogP) is 0.938. The standard InChI is InChI=1S/C10H16N2O/c1-2-8-3-5-9(6-4-8)12-10(13)7-11/h3-6,10,12-13H,2,7,11H2,1H3. The third-order valence-electron chi connectivity index (χ3n) is 1.92. The van der Waals surface area contributed by atoms with Crippen LogP contribution in [-0.4, -0.2) is 17.9 Å². The van der Waals surface area contributed by atoms with Gasteiger partial charge in [0.2, 0.25) is 0 Å². The fourth-order valence-electron chi connectivity index (χ4n) is 1.09. The molecule has 0 heterocycles. The average molecular weight is 180 g/mol. The van der Waals surface area contributed by atoms with Crippen LogP contribution in [0.2, 0.25) is 0 Å². The lowest BCUT2D eigenvalue weighted by atomic mass is 10.1. The summed E-state index contributed by atoms with van der Waals surface area (Å²) >= 11 is 0. The molecule has 0 bridgehead atoms. The third kappa shape index (κ3) is 3.05. The number of nitrogens with one attached hydrogen (secondary N) is 1. The summed E-state index contributed by atoms with van der Waals surface area (Å²) in [5.41, 5.74) is 7.45. The molecular weight excluding hydrogens is 164 g/mol. The summed E-state index contributed by atoms with van der Waals surface area (Å²) in [5.74, 6) is 0. The molecule has 0 amide bonds. The number of anilines is 1. The van der Waals surface area contributed by atoms with E-state index in [1.807, 2.05) is 24.3 Å². The second kappa shape index (κ2) is 4.84. The van der Waals surface area contributed by atoms with E-state index < -0.39 is 6.23 Å². The summed E-state index contributed by atoms with van der Waals surface area (Å²) in [6.07, 6.45) is 0.368. The van der Waals surface area contributed by atoms with E-state index in [0.29, 0.717) is 0 Å². The van der Waals surface area contributed by atoms with E-state index in [1.54, 1.807) is 0 Å². The molecule has 1 aromatic rings. The molecule has 0 aliphatic heterocycles. The van der Waals surface area contributed by atoms with Gasteiger partial charge >= 0.3 is 0 Å². The van der Waals surface area contributed by atoms with Gasteiger partial charge < -0.3 is 16.2 Å². The summed E-state index contributed by atoms with van der Waals surface area (Å²) in [4.78, 5) is 0. The van der Waals surface area contributed by atoms with Crippen molar-refractivity contribution < 1.29 is 5.11 Å². The van der Waals surface area contributed by atoms with E-state index >= 15 is 0 Å². The van der Waals surface area contributed by atoms with E-state index in [2.05, 4.69) is 12.2 Å². The Bertz CT molecular complexity index is 246. The van der Waals surface area contributed by atoms with Crippen molar-refractivity contribution in [3.8, 4) is 0 Å². The normalized spacial score (nSPS) is 12.5. The van der Waals surface area contributed by atoms with Crippen LogP contribution in [0.15, 0.2) is 24.3 Å². The first-order valence-corrected chi connectivity index (χ1v) is 4.50. The molecule has 1 rings (SSSR count). The van der Waals surface area contributed by atoms with Crippen LogP contribution in [0.5, 0.6) is 0 Å². The Balaban J connectivity index is 2.58. The van der Waals surface area contributed by atoms with Crippen molar-refractivity contribution in [2.45, 2.75) is 19.6 Å². The van der Waals surface area contributed by atoms with Gasteiger partial charge in [-0.1, -0.05) is 19.1 Å². The molecule has 72 valence electrons. The van der Waals surface area contributed by atoms with E-state index in [9.17, 15) is 5.11 Å². The van der Waals surface area contributed by atoms with Crippen LogP contribution in [0.4, 0.5) is 5.69 Å². The number of hydrogen-bond acceptors (Lipinski definition) is 3. The molecule has 3 nitrogen and oxygen atoms in total. The molecule has 1 unspecified atom stereocenters. The van der Waals surface area contributed by atoms with Crippen molar-refractivity contribution in [2.75, 3.05) is 11.9 Å². The zero-order chi connectivity index (χ0) is 9.68. The monoisotopic (exact) mass is 180 g/mol. The Morgan fingerprint density at radius 1 is 1.38 bits per heavy atom. The van der Waals surface area contributed by atoms with Crippen LogP contribution < -0.4 is 11.1 Å². The topological polar surface area (TPSA) is 58.3 Å². The first-order chi connectivity index (χ1) is 6.26. The van der Waals surface area contributed by atoms with Crippen LogP contribution >= 0.6 is 0 Å². The summed E-state index contributed by atoms with van der Waals surface area (Å²) < 4.78 is 0. The molecule has 13 heavy (non-hydrogen) atoms. The Kier molecular flexibility index (Phi) is 3.73. The highest BCUT2D eigenvalue weighted by Crippen LogP contribution is 2.10. The van der Waals surface area contributed by atoms with E-state index in [4.69, 9.17) is 5.73 Å². The lowest BCUT2D eigenvalue weighted by Crippen LogP contribution is -2.27. The maximum Gasteiger partial charge on any atom is 0.136 e. The molecular formula is C10H16N2O. The largest absolute Gasteiger partial charge is 0.372 e. The van der Waals surface area contributed by atoms with Crippen molar-refractivity contribution in [1.29, 1.82) is 0 Å². The van der Waals surface area contributed by atoms with Gasteiger partial charge in [-0.2, -0.15) is 0 Å². The molecule has 0 spiro atoms. The highest BCUT2D eigenvalue weighted by atomic mass is 16.3. The first-order valence-electron chi connectivity index (χ1n) is 4.50. The third-order valence-corrected chi connectivity index (χ3v) is 1.92. The van der Waals surface area contributed by atoms with Crippen molar-refractivity contribution in [3.63, 3.8) is 0 Å². The molecule has 4 N–H and O–H groups in total. The second-order valence-electron chi connectivity index (χ2n) is 2.95. The zero-order valence-corrected chi connectivity index (χ0v) is 7.83. The molecule has 0 aliphatic carbocycles.